The molecule has 0 unspecified atom stereocenters. The first-order valence-electron chi connectivity index (χ1n) is 17.3. The van der Waals surface area contributed by atoms with Crippen molar-refractivity contribution in [1.82, 2.24) is 9.55 Å². The van der Waals surface area contributed by atoms with E-state index in [4.69, 9.17) is 4.98 Å². The smallest absolute Gasteiger partial charge is 0.347 e. The minimum Gasteiger partial charge on any atom is -0.347 e. The second kappa shape index (κ2) is 13.8. The fourth-order valence-electron chi connectivity index (χ4n) is 7.25. The van der Waals surface area contributed by atoms with E-state index in [2.05, 4.69) is 193 Å². The second-order valence-electron chi connectivity index (χ2n) is 13.9. The Balaban J connectivity index is 0.00000387. The van der Waals surface area contributed by atoms with Crippen LogP contribution < -0.4 is 9.80 Å². The third-order valence-corrected chi connectivity index (χ3v) is 10.6. The first-order chi connectivity index (χ1) is 24.9. The van der Waals surface area contributed by atoms with Crippen LogP contribution in [0.1, 0.15) is 20.8 Å². The Labute approximate surface area is 324 Å². The molecule has 1 aliphatic rings. The molecule has 0 N–H and O–H groups in total. The standard InChI is InChI=1S/C46H36N4S.Pt/c1-46(2,3)49-31-48(42-22-11-12-23-43(42)49)34-16-13-17-35(29-34)51-36-24-25-40-39-20-9-10-21-41(39)50(44(40)30-36)45-28-33(26-27-47-45)38-19-8-7-18-37(38)32-14-5-4-6-15-32;/h4-28H,31H2,1-3H3;/q-2;+2. The van der Waals surface area contributed by atoms with E-state index in [0.717, 1.165) is 49.9 Å². The van der Waals surface area contributed by atoms with Crippen molar-refractivity contribution in [2.75, 3.05) is 16.5 Å². The van der Waals surface area contributed by atoms with Gasteiger partial charge in [0.1, 0.15) is 5.82 Å². The zero-order chi connectivity index (χ0) is 34.5. The van der Waals surface area contributed by atoms with Gasteiger partial charge in [-0.1, -0.05) is 96.1 Å². The molecule has 6 aromatic carbocycles. The van der Waals surface area contributed by atoms with E-state index in [1.807, 2.05) is 6.20 Å². The molecule has 1 aliphatic heterocycles. The number of para-hydroxylation sites is 3. The number of pyridine rings is 1. The van der Waals surface area contributed by atoms with E-state index in [0.29, 0.717) is 0 Å². The van der Waals surface area contributed by atoms with Gasteiger partial charge in [0, 0.05) is 17.3 Å². The normalized spacial score (nSPS) is 12.7. The van der Waals surface area contributed by atoms with Crippen molar-refractivity contribution in [2.24, 2.45) is 0 Å². The first-order valence-corrected chi connectivity index (χ1v) is 18.2. The zero-order valence-corrected chi connectivity index (χ0v) is 32.2. The Hall–Kier alpha value is -5.09. The van der Waals surface area contributed by atoms with E-state index in [-0.39, 0.29) is 26.6 Å². The molecule has 3 heterocycles. The Kier molecular flexibility index (Phi) is 9.03. The Morgan fingerprint density at radius 1 is 0.615 bits per heavy atom. The average molecular weight is 872 g/mol. The van der Waals surface area contributed by atoms with Crippen molar-refractivity contribution in [1.29, 1.82) is 0 Å². The molecule has 0 bridgehead atoms. The summed E-state index contributed by atoms with van der Waals surface area (Å²) in [7, 11) is 0. The van der Waals surface area contributed by atoms with Gasteiger partial charge < -0.3 is 14.4 Å². The van der Waals surface area contributed by atoms with Crippen LogP contribution in [0.4, 0.5) is 17.1 Å². The maximum atomic E-state index is 4.94. The predicted molar refractivity (Wildman–Crippen MR) is 213 cm³/mol. The summed E-state index contributed by atoms with van der Waals surface area (Å²) in [5, 5.41) is 2.34. The summed E-state index contributed by atoms with van der Waals surface area (Å²) < 4.78 is 2.26. The SMILES string of the molecule is CC(C)(C)N1CN(c2[c-]c(Sc3[c-]c4c(cc3)c3ccccc3n4-c3cc(-c4ccccc4-c4ccccc4)ccn3)ccc2)c2ccccc21.[Pt+2]. The van der Waals surface area contributed by atoms with Gasteiger partial charge in [0.15, 0.2) is 0 Å². The molecular weight excluding hydrogens is 836 g/mol. The summed E-state index contributed by atoms with van der Waals surface area (Å²) >= 11 is 1.69. The Bertz CT molecular complexity index is 2550. The second-order valence-corrected chi connectivity index (χ2v) is 15.0. The molecular formula is C46H36N4PtS. The number of aromatic nitrogens is 2. The van der Waals surface area contributed by atoms with Gasteiger partial charge in [0.25, 0.3) is 0 Å². The number of fused-ring (bicyclic) bond motifs is 4. The summed E-state index contributed by atoms with van der Waals surface area (Å²) in [6.45, 7) is 7.59. The van der Waals surface area contributed by atoms with Crippen molar-refractivity contribution in [3.8, 4) is 28.1 Å². The van der Waals surface area contributed by atoms with E-state index in [1.165, 1.54) is 33.5 Å². The molecule has 52 heavy (non-hydrogen) atoms. The molecule has 0 saturated carbocycles. The molecule has 0 aliphatic carbocycles. The van der Waals surface area contributed by atoms with Crippen molar-refractivity contribution in [3.05, 3.63) is 164 Å². The van der Waals surface area contributed by atoms with Crippen LogP contribution in [-0.2, 0) is 21.1 Å². The molecule has 0 atom stereocenters. The van der Waals surface area contributed by atoms with Gasteiger partial charge in [-0.3, -0.25) is 0 Å². The molecule has 0 radical (unpaired) electrons. The van der Waals surface area contributed by atoms with Crippen LogP contribution in [0.25, 0.3) is 49.9 Å². The largest absolute Gasteiger partial charge is 2.00 e. The minimum absolute atomic E-state index is 0. The minimum atomic E-state index is -0.000302. The van der Waals surface area contributed by atoms with Crippen LogP contribution in [0.15, 0.2) is 162 Å². The fourth-order valence-corrected chi connectivity index (χ4v) is 8.07. The number of nitrogens with zero attached hydrogens (tertiary/aromatic N) is 4. The maximum Gasteiger partial charge on any atom is 2.00 e. The molecule has 0 fully saturated rings. The maximum absolute atomic E-state index is 4.94. The monoisotopic (exact) mass is 871 g/mol. The van der Waals surface area contributed by atoms with Gasteiger partial charge in [-0.25, -0.2) is 4.98 Å². The van der Waals surface area contributed by atoms with Crippen LogP contribution in [0.3, 0.4) is 0 Å². The first kappa shape index (κ1) is 34.0. The third kappa shape index (κ3) is 6.12. The van der Waals surface area contributed by atoms with Gasteiger partial charge >= 0.3 is 21.1 Å². The van der Waals surface area contributed by atoms with E-state index in [1.54, 1.807) is 11.8 Å². The molecule has 4 nitrogen and oxygen atoms in total. The molecule has 256 valence electrons. The number of hydrogen-bond acceptors (Lipinski definition) is 4. The van der Waals surface area contributed by atoms with Crippen molar-refractivity contribution in [2.45, 2.75) is 36.1 Å². The summed E-state index contributed by atoms with van der Waals surface area (Å²) in [6.07, 6.45) is 1.92. The molecule has 9 rings (SSSR count). The quantitative estimate of drug-likeness (QED) is 0.155. The van der Waals surface area contributed by atoms with Crippen LogP contribution >= 0.6 is 11.8 Å². The number of anilines is 3. The third-order valence-electron chi connectivity index (χ3n) is 9.67. The fraction of sp³-hybridized carbons (Fsp3) is 0.109. The van der Waals surface area contributed by atoms with Gasteiger partial charge in [0.05, 0.1) is 18.0 Å². The molecule has 0 saturated heterocycles. The van der Waals surface area contributed by atoms with Crippen LogP contribution in [-0.4, -0.2) is 21.8 Å². The summed E-state index contributed by atoms with van der Waals surface area (Å²) in [4.78, 5) is 11.8. The van der Waals surface area contributed by atoms with E-state index < -0.39 is 0 Å². The molecule has 2 aromatic heterocycles. The number of hydrogen-bond donors (Lipinski definition) is 0. The average Bonchev–Trinajstić information content (AvgIpc) is 3.72. The zero-order valence-electron chi connectivity index (χ0n) is 29.2. The summed E-state index contributed by atoms with van der Waals surface area (Å²) in [5.41, 5.74) is 10.3. The van der Waals surface area contributed by atoms with E-state index >= 15 is 0 Å². The van der Waals surface area contributed by atoms with Crippen LogP contribution in [0, 0.1) is 12.1 Å². The molecule has 0 spiro atoms. The van der Waals surface area contributed by atoms with Crippen LogP contribution in [0.2, 0.25) is 0 Å². The van der Waals surface area contributed by atoms with Gasteiger partial charge in [0.2, 0.25) is 0 Å². The molecule has 6 heteroatoms. The van der Waals surface area contributed by atoms with Gasteiger partial charge in [-0.05, 0) is 78.7 Å². The Morgan fingerprint density at radius 3 is 2.12 bits per heavy atom. The molecule has 0 amide bonds. The van der Waals surface area contributed by atoms with Gasteiger partial charge in [-0.2, -0.15) is 24.3 Å². The van der Waals surface area contributed by atoms with Crippen LogP contribution in [0.5, 0.6) is 0 Å². The van der Waals surface area contributed by atoms with Gasteiger partial charge in [-0.15, -0.1) is 45.1 Å². The van der Waals surface area contributed by atoms with Crippen molar-refractivity contribution < 1.29 is 21.1 Å². The van der Waals surface area contributed by atoms with Crippen molar-refractivity contribution >= 4 is 50.6 Å². The summed E-state index contributed by atoms with van der Waals surface area (Å²) in [6, 6.07) is 59.1. The van der Waals surface area contributed by atoms with Crippen molar-refractivity contribution in [3.63, 3.8) is 0 Å². The molecule has 8 aromatic rings. The topological polar surface area (TPSA) is 24.3 Å². The van der Waals surface area contributed by atoms with E-state index in [9.17, 15) is 0 Å². The summed E-state index contributed by atoms with van der Waals surface area (Å²) in [5.74, 6) is 0.865. The predicted octanol–water partition coefficient (Wildman–Crippen LogP) is 12.0. The number of rotatable bonds is 6. The number of benzene rings is 6. The Morgan fingerprint density at radius 2 is 1.31 bits per heavy atom.